The molecule has 0 bridgehead atoms. The van der Waals surface area contributed by atoms with Gasteiger partial charge < -0.3 is 14.7 Å². The topological polar surface area (TPSA) is 98.5 Å². The number of carbonyl (C=O) groups excluding carboxylic acids is 1. The number of nitrogens with zero attached hydrogens (tertiary/aromatic N) is 4. The highest BCUT2D eigenvalue weighted by atomic mass is 16.5. The largest absolute Gasteiger partial charge is 0.504 e. The molecule has 1 fully saturated rings. The Hall–Kier alpha value is -2.40. The van der Waals surface area contributed by atoms with Crippen molar-refractivity contribution in [2.24, 2.45) is 11.0 Å². The zero-order valence-electron chi connectivity index (χ0n) is 10.5. The summed E-state index contributed by atoms with van der Waals surface area (Å²) < 4.78 is 4.96. The average Bonchev–Trinajstić information content (AvgIpc) is 2.77. The summed E-state index contributed by atoms with van der Waals surface area (Å²) in [7, 11) is 1.46. The summed E-state index contributed by atoms with van der Waals surface area (Å²) >= 11 is 0. The second-order valence-corrected chi connectivity index (χ2v) is 4.34. The summed E-state index contributed by atoms with van der Waals surface area (Å²) in [5.41, 5.74) is 8.90. The van der Waals surface area contributed by atoms with E-state index in [0.29, 0.717) is 30.9 Å². The number of benzene rings is 1. The van der Waals surface area contributed by atoms with Gasteiger partial charge in [-0.3, -0.25) is 4.79 Å². The number of hydrogen-bond acceptors (Lipinski definition) is 4. The zero-order valence-corrected chi connectivity index (χ0v) is 10.5. The number of aromatic hydroxyl groups is 1. The molecule has 0 saturated carbocycles. The molecule has 7 nitrogen and oxygen atoms in total. The number of amides is 1. The maximum absolute atomic E-state index is 11.9. The van der Waals surface area contributed by atoms with Crippen LogP contribution >= 0.6 is 0 Å². The van der Waals surface area contributed by atoms with Crippen molar-refractivity contribution in [3.05, 3.63) is 28.6 Å². The summed E-state index contributed by atoms with van der Waals surface area (Å²) in [6, 6.07) is 4.82. The summed E-state index contributed by atoms with van der Waals surface area (Å²) in [6.45, 7) is 0.796. The van der Waals surface area contributed by atoms with Crippen molar-refractivity contribution in [3.63, 3.8) is 0 Å². The van der Waals surface area contributed by atoms with Crippen LogP contribution < -0.4 is 9.64 Å². The summed E-state index contributed by atoms with van der Waals surface area (Å²) in [6.07, 6.45) is 0.353. The third-order valence-corrected chi connectivity index (χ3v) is 3.08. The number of phenols is 1. The first-order valence-corrected chi connectivity index (χ1v) is 5.84. The van der Waals surface area contributed by atoms with Crippen LogP contribution in [0.1, 0.15) is 6.42 Å². The van der Waals surface area contributed by atoms with Crippen molar-refractivity contribution in [2.45, 2.75) is 6.42 Å². The van der Waals surface area contributed by atoms with Gasteiger partial charge in [0.15, 0.2) is 11.5 Å². The molecule has 1 unspecified atom stereocenters. The lowest BCUT2D eigenvalue weighted by atomic mass is 10.1. The van der Waals surface area contributed by atoms with Crippen LogP contribution in [0.15, 0.2) is 23.3 Å². The van der Waals surface area contributed by atoms with Crippen molar-refractivity contribution in [1.82, 2.24) is 0 Å². The Morgan fingerprint density at radius 1 is 1.63 bits per heavy atom. The second-order valence-electron chi connectivity index (χ2n) is 4.34. The monoisotopic (exact) mass is 262 g/mol. The van der Waals surface area contributed by atoms with Crippen molar-refractivity contribution < 1.29 is 14.6 Å². The minimum Gasteiger partial charge on any atom is -0.504 e. The number of rotatable bonds is 4. The SMILES string of the molecule is COc1ccc(N2CC(CN=[N+]=[N-])CC2=O)cc1O. The molecule has 0 aromatic heterocycles. The highest BCUT2D eigenvalue weighted by Crippen LogP contribution is 2.33. The number of methoxy groups -OCH3 is 1. The van der Waals surface area contributed by atoms with Gasteiger partial charge in [0.2, 0.25) is 5.91 Å². The summed E-state index contributed by atoms with van der Waals surface area (Å²) in [5, 5.41) is 13.2. The maximum atomic E-state index is 11.9. The molecule has 1 saturated heterocycles. The minimum absolute atomic E-state index is 0.00806. The molecule has 19 heavy (non-hydrogen) atoms. The lowest BCUT2D eigenvalue weighted by molar-refractivity contribution is -0.117. The minimum atomic E-state index is -0.0392. The molecular weight excluding hydrogens is 248 g/mol. The van der Waals surface area contributed by atoms with Crippen LogP contribution in [0.5, 0.6) is 11.5 Å². The molecule has 1 amide bonds. The number of hydrogen-bond donors (Lipinski definition) is 1. The molecule has 1 aliphatic rings. The standard InChI is InChI=1S/C12H14N4O3/c1-19-11-3-2-9(5-10(11)17)16-7-8(4-12(16)18)6-14-15-13/h2-3,5,8,17H,4,6-7H2,1H3. The van der Waals surface area contributed by atoms with E-state index in [1.807, 2.05) is 0 Å². The Bertz CT molecular complexity index is 540. The van der Waals surface area contributed by atoms with Crippen LogP contribution in [-0.4, -0.2) is 31.2 Å². The van der Waals surface area contributed by atoms with Gasteiger partial charge in [-0.05, 0) is 23.6 Å². The van der Waals surface area contributed by atoms with Gasteiger partial charge >= 0.3 is 0 Å². The number of ether oxygens (including phenoxy) is 1. The zero-order chi connectivity index (χ0) is 13.8. The Balaban J connectivity index is 2.16. The first-order chi connectivity index (χ1) is 9.15. The lowest BCUT2D eigenvalue weighted by Gasteiger charge is -2.17. The maximum Gasteiger partial charge on any atom is 0.227 e. The van der Waals surface area contributed by atoms with Crippen LogP contribution in [0.2, 0.25) is 0 Å². The Morgan fingerprint density at radius 2 is 2.42 bits per heavy atom. The van der Waals surface area contributed by atoms with E-state index >= 15 is 0 Å². The van der Waals surface area contributed by atoms with E-state index in [9.17, 15) is 9.90 Å². The number of phenolic OH excluding ortho intramolecular Hbond substituents is 1. The third-order valence-electron chi connectivity index (χ3n) is 3.08. The first kappa shape index (κ1) is 13.0. The van der Waals surface area contributed by atoms with Crippen molar-refractivity contribution >= 4 is 11.6 Å². The van der Waals surface area contributed by atoms with Crippen LogP contribution in [0.3, 0.4) is 0 Å². The first-order valence-electron chi connectivity index (χ1n) is 5.84. The van der Waals surface area contributed by atoms with Gasteiger partial charge in [-0.1, -0.05) is 5.11 Å². The van der Waals surface area contributed by atoms with Gasteiger partial charge in [-0.15, -0.1) is 0 Å². The van der Waals surface area contributed by atoms with Gasteiger partial charge in [0.1, 0.15) is 0 Å². The highest BCUT2D eigenvalue weighted by molar-refractivity contribution is 5.96. The molecule has 1 aliphatic heterocycles. The average molecular weight is 262 g/mol. The summed E-state index contributed by atoms with van der Waals surface area (Å²) in [5.74, 6) is 0.336. The van der Waals surface area contributed by atoms with E-state index in [0.717, 1.165) is 0 Å². The molecule has 1 heterocycles. The molecule has 1 aromatic carbocycles. The molecule has 1 atom stereocenters. The van der Waals surface area contributed by atoms with Gasteiger partial charge in [0.05, 0.1) is 7.11 Å². The highest BCUT2D eigenvalue weighted by Gasteiger charge is 2.30. The van der Waals surface area contributed by atoms with Gasteiger partial charge in [0.25, 0.3) is 0 Å². The van der Waals surface area contributed by atoms with E-state index < -0.39 is 0 Å². The third kappa shape index (κ3) is 2.71. The molecule has 1 N–H and O–H groups in total. The van der Waals surface area contributed by atoms with E-state index in [-0.39, 0.29) is 17.6 Å². The van der Waals surface area contributed by atoms with Gasteiger partial charge in [-0.25, -0.2) is 0 Å². The molecular formula is C12H14N4O3. The number of azide groups is 1. The predicted molar refractivity (Wildman–Crippen MR) is 69.1 cm³/mol. The van der Waals surface area contributed by atoms with Crippen molar-refractivity contribution in [1.29, 1.82) is 0 Å². The van der Waals surface area contributed by atoms with Crippen LogP contribution in [0.25, 0.3) is 10.4 Å². The predicted octanol–water partition coefficient (Wildman–Crippen LogP) is 2.06. The molecule has 100 valence electrons. The fraction of sp³-hybridized carbons (Fsp3) is 0.417. The summed E-state index contributed by atoms with van der Waals surface area (Å²) in [4.78, 5) is 16.2. The van der Waals surface area contributed by atoms with Gasteiger partial charge in [0, 0.05) is 36.2 Å². The van der Waals surface area contributed by atoms with Gasteiger partial charge in [-0.2, -0.15) is 0 Å². The molecule has 0 spiro atoms. The fourth-order valence-electron chi connectivity index (χ4n) is 2.15. The van der Waals surface area contributed by atoms with Crippen LogP contribution in [0, 0.1) is 5.92 Å². The van der Waals surface area contributed by atoms with E-state index in [1.54, 1.807) is 17.0 Å². The van der Waals surface area contributed by atoms with Crippen molar-refractivity contribution in [2.75, 3.05) is 25.1 Å². The van der Waals surface area contributed by atoms with E-state index in [2.05, 4.69) is 10.0 Å². The molecule has 1 aromatic rings. The van der Waals surface area contributed by atoms with E-state index in [4.69, 9.17) is 10.3 Å². The van der Waals surface area contributed by atoms with Crippen LogP contribution in [0.4, 0.5) is 5.69 Å². The Labute approximate surface area is 110 Å². The molecule has 7 heteroatoms. The molecule has 0 radical (unpaired) electrons. The van der Waals surface area contributed by atoms with E-state index in [1.165, 1.54) is 13.2 Å². The molecule has 2 rings (SSSR count). The number of carbonyl (C=O) groups is 1. The smallest absolute Gasteiger partial charge is 0.227 e. The fourth-order valence-corrected chi connectivity index (χ4v) is 2.15. The Kier molecular flexibility index (Phi) is 3.77. The number of anilines is 1. The second kappa shape index (κ2) is 5.49. The van der Waals surface area contributed by atoms with Crippen molar-refractivity contribution in [3.8, 4) is 11.5 Å². The van der Waals surface area contributed by atoms with Crippen LogP contribution in [-0.2, 0) is 4.79 Å². The lowest BCUT2D eigenvalue weighted by Crippen LogP contribution is -2.24. The normalized spacial score (nSPS) is 18.3. The molecule has 0 aliphatic carbocycles. The quantitative estimate of drug-likeness (QED) is 0.510. The Morgan fingerprint density at radius 3 is 3.05 bits per heavy atom.